The van der Waals surface area contributed by atoms with E-state index in [1.54, 1.807) is 12.1 Å². The van der Waals surface area contributed by atoms with E-state index in [0.717, 1.165) is 19.0 Å². The van der Waals surface area contributed by atoms with Crippen LogP contribution in [0.2, 0.25) is 0 Å². The highest BCUT2D eigenvalue weighted by Crippen LogP contribution is 2.38. The third-order valence-electron chi connectivity index (χ3n) is 3.48. The molecule has 3 rings (SSSR count). The minimum absolute atomic E-state index is 0.159. The summed E-state index contributed by atoms with van der Waals surface area (Å²) < 4.78 is 7.75. The number of aromatic hydroxyl groups is 1. The maximum atomic E-state index is 12.0. The highest BCUT2D eigenvalue weighted by Gasteiger charge is 2.14. The number of aryl methyl sites for hydroxylation is 1. The summed E-state index contributed by atoms with van der Waals surface area (Å²) in [5.74, 6) is -0.223. The molecule has 2 N–H and O–H groups in total. The summed E-state index contributed by atoms with van der Waals surface area (Å²) in [6, 6.07) is 9.17. The monoisotopic (exact) mass is 543 g/mol. The number of aromatic amines is 1. The van der Waals surface area contributed by atoms with Gasteiger partial charge in [0, 0.05) is 9.86 Å². The highest BCUT2D eigenvalue weighted by molar-refractivity contribution is 9.11. The summed E-state index contributed by atoms with van der Waals surface area (Å²) in [6.45, 7) is 1.67. The van der Waals surface area contributed by atoms with Gasteiger partial charge in [-0.3, -0.25) is 4.79 Å². The Bertz CT molecular complexity index is 1010. The molecule has 0 saturated heterocycles. The molecule has 0 aliphatic heterocycles. The molecule has 0 aliphatic rings. The largest absolute Gasteiger partial charge is 0.493 e. The van der Waals surface area contributed by atoms with Crippen molar-refractivity contribution in [1.29, 1.82) is 0 Å². The van der Waals surface area contributed by atoms with Gasteiger partial charge in [0.2, 0.25) is 5.88 Å². The van der Waals surface area contributed by atoms with Crippen LogP contribution in [0.15, 0.2) is 54.0 Å². The molecule has 1 amide bonds. The summed E-state index contributed by atoms with van der Waals surface area (Å²) in [5.41, 5.74) is 1.92. The van der Waals surface area contributed by atoms with Gasteiger partial charge >= 0.3 is 5.91 Å². The molecule has 0 fully saturated rings. The standard InChI is InChI=1S/C17H12Br3N3O3/c1-8-5-11(19)16(12(20)6-8)26-7-13(24)22-23-15-9-3-2-4-10(18)14(9)21-17(15)25/h2-6,21,25H,7H2,1H3. The predicted molar refractivity (Wildman–Crippen MR) is 109 cm³/mol. The number of hydrogen-bond acceptors (Lipinski definition) is 4. The van der Waals surface area contributed by atoms with Crippen LogP contribution in [0.5, 0.6) is 11.6 Å². The lowest BCUT2D eigenvalue weighted by Crippen LogP contribution is -2.08. The number of azo groups is 1. The van der Waals surface area contributed by atoms with E-state index in [1.807, 2.05) is 25.1 Å². The van der Waals surface area contributed by atoms with Gasteiger partial charge < -0.3 is 14.8 Å². The molecule has 0 radical (unpaired) electrons. The van der Waals surface area contributed by atoms with E-state index in [2.05, 4.69) is 63.0 Å². The van der Waals surface area contributed by atoms with Crippen molar-refractivity contribution in [1.82, 2.24) is 4.98 Å². The normalized spacial score (nSPS) is 11.4. The highest BCUT2D eigenvalue weighted by atomic mass is 79.9. The van der Waals surface area contributed by atoms with Crippen LogP contribution in [-0.4, -0.2) is 22.6 Å². The fourth-order valence-electron chi connectivity index (χ4n) is 2.35. The van der Waals surface area contributed by atoms with Crippen LogP contribution in [0.1, 0.15) is 5.56 Å². The predicted octanol–water partition coefficient (Wildman–Crippen LogP) is 6.16. The number of halogens is 3. The quantitative estimate of drug-likeness (QED) is 0.385. The topological polar surface area (TPSA) is 87.0 Å². The summed E-state index contributed by atoms with van der Waals surface area (Å²) in [6.07, 6.45) is 0. The van der Waals surface area contributed by atoms with Crippen LogP contribution in [-0.2, 0) is 4.79 Å². The van der Waals surface area contributed by atoms with E-state index >= 15 is 0 Å². The molecule has 134 valence electrons. The number of rotatable bonds is 4. The average Bonchev–Trinajstić information content (AvgIpc) is 2.89. The Balaban J connectivity index is 1.75. The van der Waals surface area contributed by atoms with Crippen molar-refractivity contribution in [3.05, 3.63) is 49.3 Å². The third kappa shape index (κ3) is 3.99. The van der Waals surface area contributed by atoms with Gasteiger partial charge in [-0.25, -0.2) is 0 Å². The van der Waals surface area contributed by atoms with Crippen molar-refractivity contribution in [3.8, 4) is 11.6 Å². The number of nitrogens with one attached hydrogen (secondary N) is 1. The Labute approximate surface area is 174 Å². The Kier molecular flexibility index (Phi) is 5.79. The summed E-state index contributed by atoms with van der Waals surface area (Å²) in [7, 11) is 0. The SMILES string of the molecule is Cc1cc(Br)c(OCC(=O)N=Nc2c(O)[nH]c3c(Br)cccc23)c(Br)c1. The zero-order chi connectivity index (χ0) is 18.8. The summed E-state index contributed by atoms with van der Waals surface area (Å²) in [4.78, 5) is 14.8. The second-order valence-corrected chi connectivity index (χ2v) is 7.99. The number of nitrogens with zero attached hydrogens (tertiary/aromatic N) is 2. The van der Waals surface area contributed by atoms with E-state index in [4.69, 9.17) is 4.74 Å². The Morgan fingerprint density at radius 1 is 1.19 bits per heavy atom. The minimum atomic E-state index is -0.576. The number of para-hydroxylation sites is 1. The molecule has 6 nitrogen and oxygen atoms in total. The molecular formula is C17H12Br3N3O3. The number of fused-ring (bicyclic) bond motifs is 1. The molecule has 0 saturated carbocycles. The zero-order valence-electron chi connectivity index (χ0n) is 13.4. The first kappa shape index (κ1) is 19.1. The lowest BCUT2D eigenvalue weighted by atomic mass is 10.2. The van der Waals surface area contributed by atoms with Gasteiger partial charge in [0.15, 0.2) is 12.3 Å². The number of ether oxygens (including phenoxy) is 1. The Morgan fingerprint density at radius 2 is 1.88 bits per heavy atom. The summed E-state index contributed by atoms with van der Waals surface area (Å²) >= 11 is 10.2. The smallest absolute Gasteiger partial charge is 0.302 e. The second kappa shape index (κ2) is 7.89. The fourth-order valence-corrected chi connectivity index (χ4v) is 4.46. The molecule has 0 unspecified atom stereocenters. The van der Waals surface area contributed by atoms with Crippen LogP contribution in [0.3, 0.4) is 0 Å². The van der Waals surface area contributed by atoms with Gasteiger partial charge in [0.05, 0.1) is 14.5 Å². The molecule has 1 aromatic heterocycles. The van der Waals surface area contributed by atoms with Crippen molar-refractivity contribution in [2.45, 2.75) is 6.92 Å². The first-order valence-electron chi connectivity index (χ1n) is 7.39. The number of hydrogen-bond donors (Lipinski definition) is 2. The number of amides is 1. The van der Waals surface area contributed by atoms with Crippen LogP contribution in [0.25, 0.3) is 10.9 Å². The first-order valence-corrected chi connectivity index (χ1v) is 9.77. The lowest BCUT2D eigenvalue weighted by molar-refractivity contribution is -0.120. The number of benzene rings is 2. The van der Waals surface area contributed by atoms with Crippen LogP contribution >= 0.6 is 47.8 Å². The zero-order valence-corrected chi connectivity index (χ0v) is 18.1. The first-order chi connectivity index (χ1) is 12.4. The van der Waals surface area contributed by atoms with Crippen molar-refractivity contribution >= 4 is 70.3 Å². The van der Waals surface area contributed by atoms with Gasteiger partial charge in [-0.1, -0.05) is 12.1 Å². The Hall–Kier alpha value is -1.71. The van der Waals surface area contributed by atoms with Gasteiger partial charge in [-0.2, -0.15) is 0 Å². The van der Waals surface area contributed by atoms with Gasteiger partial charge in [0.25, 0.3) is 0 Å². The Morgan fingerprint density at radius 3 is 2.58 bits per heavy atom. The van der Waals surface area contributed by atoms with Crippen molar-refractivity contribution in [2.75, 3.05) is 6.61 Å². The van der Waals surface area contributed by atoms with Gasteiger partial charge in [0.1, 0.15) is 5.75 Å². The van der Waals surface area contributed by atoms with Crippen LogP contribution in [0, 0.1) is 6.92 Å². The molecule has 2 aromatic carbocycles. The molecule has 0 spiro atoms. The molecule has 0 atom stereocenters. The maximum absolute atomic E-state index is 12.0. The van der Waals surface area contributed by atoms with Crippen molar-refractivity contribution in [3.63, 3.8) is 0 Å². The van der Waals surface area contributed by atoms with E-state index in [-0.39, 0.29) is 18.2 Å². The average molecular weight is 546 g/mol. The van der Waals surface area contributed by atoms with Gasteiger partial charge in [-0.15, -0.1) is 10.2 Å². The van der Waals surface area contributed by atoms with E-state index in [1.165, 1.54) is 0 Å². The molecular weight excluding hydrogens is 534 g/mol. The number of aromatic nitrogens is 1. The van der Waals surface area contributed by atoms with E-state index in [0.29, 0.717) is 16.7 Å². The lowest BCUT2D eigenvalue weighted by Gasteiger charge is -2.09. The minimum Gasteiger partial charge on any atom is -0.493 e. The maximum Gasteiger partial charge on any atom is 0.302 e. The third-order valence-corrected chi connectivity index (χ3v) is 5.32. The van der Waals surface area contributed by atoms with E-state index in [9.17, 15) is 9.90 Å². The van der Waals surface area contributed by atoms with Crippen molar-refractivity contribution in [2.24, 2.45) is 10.2 Å². The van der Waals surface area contributed by atoms with E-state index < -0.39 is 5.91 Å². The molecule has 9 heteroatoms. The molecule has 26 heavy (non-hydrogen) atoms. The summed E-state index contributed by atoms with van der Waals surface area (Å²) in [5, 5.41) is 18.2. The van der Waals surface area contributed by atoms with Gasteiger partial charge in [-0.05, 0) is 78.5 Å². The number of carbonyl (C=O) groups is 1. The number of H-pyrrole nitrogens is 1. The van der Waals surface area contributed by atoms with Crippen LogP contribution < -0.4 is 4.74 Å². The molecule has 1 heterocycles. The molecule has 0 bridgehead atoms. The molecule has 0 aliphatic carbocycles. The number of carbonyl (C=O) groups excluding carboxylic acids is 1. The van der Waals surface area contributed by atoms with Crippen LogP contribution in [0.4, 0.5) is 5.69 Å². The second-order valence-electron chi connectivity index (χ2n) is 5.42. The van der Waals surface area contributed by atoms with Crippen molar-refractivity contribution < 1.29 is 14.6 Å². The molecule has 3 aromatic rings. The fraction of sp³-hybridized carbons (Fsp3) is 0.118.